The Kier molecular flexibility index (Phi) is 37.7. The van der Waals surface area contributed by atoms with E-state index in [1.165, 1.54) is 29.4 Å². The number of rotatable bonds is 21. The normalized spacial score (nSPS) is 15.6. The summed E-state index contributed by atoms with van der Waals surface area (Å²) < 4.78 is 26.7. The van der Waals surface area contributed by atoms with E-state index in [2.05, 4.69) is 62.4 Å². The van der Waals surface area contributed by atoms with E-state index in [-0.39, 0.29) is 84.0 Å². The largest absolute Gasteiger partial charge is 0.491 e. The lowest BCUT2D eigenvalue weighted by molar-refractivity contribution is -0.122. The number of anilines is 8. The van der Waals surface area contributed by atoms with E-state index in [0.29, 0.717) is 96.3 Å². The number of Topliss-reactive ketones (excluding diaryl/α,β-unsaturated/α-hetero) is 1. The minimum absolute atomic E-state index is 0. The molecule has 5 fully saturated rings. The molecular weight excluding hydrogens is 1810 g/mol. The number of hydrogen-bond acceptors (Lipinski definition) is 12. The van der Waals surface area contributed by atoms with Gasteiger partial charge in [0.15, 0.2) is 43.2 Å². The zero-order valence-electron chi connectivity index (χ0n) is 79.7. The number of aryl methyl sites for hydroxylation is 5. The maximum Gasteiger partial charge on any atom is 0.259 e. The second-order valence-corrected chi connectivity index (χ2v) is 38.8. The van der Waals surface area contributed by atoms with Crippen LogP contribution in [0.15, 0.2) is 212 Å². The molecule has 0 unspecified atom stereocenters. The third-order valence-corrected chi connectivity index (χ3v) is 26.4. The number of hydrogen-bond donors (Lipinski definition) is 0. The number of likely N-dealkylation sites (tertiary alicyclic amines) is 1. The van der Waals surface area contributed by atoms with Crippen molar-refractivity contribution in [3.8, 4) is 33.8 Å². The highest BCUT2D eigenvalue weighted by atomic mass is 32.1. The molecular formula is C114H134FN13O7S4. The summed E-state index contributed by atoms with van der Waals surface area (Å²) in [6, 6.07) is 66.7. The van der Waals surface area contributed by atoms with Crippen LogP contribution in [0.5, 0.6) is 11.5 Å². The molecule has 0 saturated carbocycles. The first-order valence-electron chi connectivity index (χ1n) is 45.0. The molecule has 5 heterocycles. The van der Waals surface area contributed by atoms with Crippen molar-refractivity contribution in [1.29, 1.82) is 0 Å². The van der Waals surface area contributed by atoms with Gasteiger partial charge >= 0.3 is 0 Å². The SMILES string of the molecule is C.C.C.C.C.[C-]#[N+]c1ccc(N2C(=O)C(C)(C)N(c3ccc(-c4ccc(OC(C)C)cc4)c(F)c3)C2=S)cc1C.[C-]#[N+]c1ccc(N2C(=O)C(C)(C)N(c3ccc(-c4ccc(OC(C)C)cc4)cc3)C2=S)cc1C.[C-]#[N+]c1ccc(N2C(=O)C(C)(C)N(c3ccc(C4CCN(C(C)C)CC4)cc3)C2=S)cc1C.[C-]#[N+]c1ccc(N2C(=O)C(C)(C)N(c3ccc(CCCC(=O)C(C)C)cc3)C2=S)cc1C. The van der Waals surface area contributed by atoms with Crippen LogP contribution in [-0.2, 0) is 30.4 Å². The summed E-state index contributed by atoms with van der Waals surface area (Å²) in [5.74, 6) is 1.63. The van der Waals surface area contributed by atoms with Gasteiger partial charge in [0.1, 0.15) is 45.3 Å². The van der Waals surface area contributed by atoms with E-state index in [1.807, 2.05) is 241 Å². The molecule has 728 valence electrons. The number of halogens is 1. The van der Waals surface area contributed by atoms with Crippen molar-refractivity contribution in [3.05, 3.63) is 297 Å². The van der Waals surface area contributed by atoms with Gasteiger partial charge in [-0.15, -0.1) is 0 Å². The first-order valence-corrected chi connectivity index (χ1v) is 46.6. The maximum atomic E-state index is 15.3. The first-order chi connectivity index (χ1) is 63.4. The van der Waals surface area contributed by atoms with Gasteiger partial charge in [0.25, 0.3) is 23.6 Å². The van der Waals surface area contributed by atoms with Crippen LogP contribution < -0.4 is 48.7 Å². The number of ketones is 1. The van der Waals surface area contributed by atoms with Crippen LogP contribution in [0.25, 0.3) is 41.6 Å². The van der Waals surface area contributed by atoms with E-state index in [9.17, 15) is 24.0 Å². The van der Waals surface area contributed by atoms with Crippen molar-refractivity contribution in [3.63, 3.8) is 0 Å². The fraction of sp³-hybridized carbons (Fsp3) is 0.360. The number of amides is 4. The number of benzene rings is 10. The molecule has 0 radical (unpaired) electrons. The van der Waals surface area contributed by atoms with Gasteiger partial charge in [0.2, 0.25) is 0 Å². The average molecular weight is 1950 g/mol. The molecule has 10 aromatic rings. The Morgan fingerprint density at radius 3 is 0.957 bits per heavy atom. The minimum Gasteiger partial charge on any atom is -0.491 e. The van der Waals surface area contributed by atoms with E-state index < -0.39 is 28.0 Å². The van der Waals surface area contributed by atoms with Crippen molar-refractivity contribution in [1.82, 2.24) is 4.90 Å². The Balaban J connectivity index is 0.000000249. The lowest BCUT2D eigenvalue weighted by Crippen LogP contribution is -2.44. The summed E-state index contributed by atoms with van der Waals surface area (Å²) in [5.41, 5.74) is 13.5. The molecule has 4 amide bonds. The quantitative estimate of drug-likeness (QED) is 0.0495. The Morgan fingerprint density at radius 2 is 0.669 bits per heavy atom. The lowest BCUT2D eigenvalue weighted by atomic mass is 9.89. The minimum atomic E-state index is -1.02. The van der Waals surface area contributed by atoms with E-state index >= 15 is 4.39 Å². The molecule has 25 heteroatoms. The van der Waals surface area contributed by atoms with Crippen LogP contribution in [0.4, 0.5) is 72.6 Å². The Bertz CT molecular complexity index is 6400. The lowest BCUT2D eigenvalue weighted by Gasteiger charge is -2.35. The molecule has 0 spiro atoms. The van der Waals surface area contributed by atoms with Gasteiger partial charge in [-0.05, 0) is 396 Å². The summed E-state index contributed by atoms with van der Waals surface area (Å²) >= 11 is 23.1. The molecule has 5 saturated heterocycles. The highest BCUT2D eigenvalue weighted by Gasteiger charge is 2.54. The molecule has 0 bridgehead atoms. The summed E-state index contributed by atoms with van der Waals surface area (Å²) in [7, 11) is 0. The number of ether oxygens (including phenoxy) is 2. The Morgan fingerprint density at radius 1 is 0.388 bits per heavy atom. The molecule has 0 N–H and O–H groups in total. The van der Waals surface area contributed by atoms with Gasteiger partial charge in [0.05, 0.1) is 38.5 Å². The summed E-state index contributed by atoms with van der Waals surface area (Å²) in [5, 5.41) is 1.58. The van der Waals surface area contributed by atoms with Crippen LogP contribution in [0.1, 0.15) is 213 Å². The zero-order valence-corrected chi connectivity index (χ0v) is 83.0. The molecule has 0 atom stereocenters. The molecule has 20 nitrogen and oxygen atoms in total. The van der Waals surface area contributed by atoms with Crippen LogP contribution in [0, 0.1) is 65.7 Å². The molecule has 10 aromatic carbocycles. The van der Waals surface area contributed by atoms with Crippen LogP contribution in [0.2, 0.25) is 0 Å². The van der Waals surface area contributed by atoms with Gasteiger partial charge < -0.3 is 34.0 Å². The van der Waals surface area contributed by atoms with Gasteiger partial charge in [-0.3, -0.25) is 43.6 Å². The predicted octanol–water partition coefficient (Wildman–Crippen LogP) is 29.2. The fourth-order valence-electron chi connectivity index (χ4n) is 17.3. The molecule has 0 aliphatic carbocycles. The molecule has 15 rings (SSSR count). The highest BCUT2D eigenvalue weighted by Crippen LogP contribution is 2.45. The van der Waals surface area contributed by atoms with Crippen molar-refractivity contribution in [2.45, 2.75) is 254 Å². The topological polar surface area (TPSA) is 150 Å². The standard InChI is InChI=1S/C28H26FN3O2S.C28H27N3O2S.C27H32N4OS.C26H29N3O2S.5CH4/c1-17(2)34-22-11-7-19(8-12-22)23-13-9-21(16-24(23)29)32-27(35)31(26(33)28(32,4)5)20-10-14-25(30-6)18(3)15-20;1-18(2)33-24-14-9-21(10-15-24)20-7-11-22(12-8-20)31-27(34)30(26(32)28(31,4)5)23-13-16-25(29-6)19(3)17-23;1-18(2)29-15-13-21(14-16-29)20-7-9-22(10-8-20)31-26(33)30(25(32)27(31,4)5)23-11-12-24(28-6)19(3)17-23;1-17(2)23(30)9-7-8-19-10-12-20(13-11-19)29-25(32)28(24(31)26(29,4)5)21-14-15-22(27-6)18(3)16-21;;;;;/h7-17H,1-5H3;7-18H,1-5H3;7-12,17-18,21H,13-16H2,1-5H3;10-17H,7-9H2,1-5H3;5*1H4. The van der Waals surface area contributed by atoms with E-state index in [0.717, 1.165) is 99.0 Å². The van der Waals surface area contributed by atoms with Crippen LogP contribution in [-0.4, -0.2) is 108 Å². The second kappa shape index (κ2) is 46.5. The second-order valence-electron chi connectivity index (χ2n) is 37.3. The van der Waals surface area contributed by atoms with Gasteiger partial charge in [-0.2, -0.15) is 0 Å². The number of piperidine rings is 1. The van der Waals surface area contributed by atoms with Gasteiger partial charge in [0, 0.05) is 69.4 Å². The number of thiocarbonyl (C=S) groups is 4. The Labute approximate surface area is 847 Å². The van der Waals surface area contributed by atoms with Crippen molar-refractivity contribution in [2.24, 2.45) is 5.92 Å². The van der Waals surface area contributed by atoms with E-state index in [1.54, 1.807) is 100 Å². The molecule has 0 aromatic heterocycles. The van der Waals surface area contributed by atoms with Crippen LogP contribution in [0.3, 0.4) is 0 Å². The van der Waals surface area contributed by atoms with E-state index in [4.69, 9.17) is 84.6 Å². The highest BCUT2D eigenvalue weighted by molar-refractivity contribution is 7.81. The number of carbonyl (C=O) groups excluding carboxylic acids is 5. The smallest absolute Gasteiger partial charge is 0.259 e. The summed E-state index contributed by atoms with van der Waals surface area (Å²) in [6.45, 7) is 69.9. The monoisotopic (exact) mass is 1940 g/mol. The van der Waals surface area contributed by atoms with Crippen molar-refractivity contribution >= 4 is 167 Å². The van der Waals surface area contributed by atoms with Crippen molar-refractivity contribution in [2.75, 3.05) is 52.3 Å². The third-order valence-electron chi connectivity index (χ3n) is 25.0. The number of nitrogens with zero attached hydrogens (tertiary/aromatic N) is 13. The molecule has 139 heavy (non-hydrogen) atoms. The zero-order chi connectivity index (χ0) is 97.7. The van der Waals surface area contributed by atoms with Gasteiger partial charge in [-0.1, -0.05) is 136 Å². The average Bonchev–Trinajstić information content (AvgIpc) is 1.60. The molecule has 5 aliphatic rings. The predicted molar refractivity (Wildman–Crippen MR) is 590 cm³/mol. The molecule has 5 aliphatic heterocycles. The maximum absolute atomic E-state index is 15.3. The summed E-state index contributed by atoms with van der Waals surface area (Å²) in [4.78, 5) is 95.5. The van der Waals surface area contributed by atoms with Crippen molar-refractivity contribution < 1.29 is 37.8 Å². The fourth-order valence-corrected chi connectivity index (χ4v) is 19.4. The summed E-state index contributed by atoms with van der Waals surface area (Å²) in [6.07, 6.45) is 4.81. The number of carbonyl (C=O) groups is 5. The van der Waals surface area contributed by atoms with Crippen LogP contribution >= 0.6 is 48.9 Å². The Hall–Kier alpha value is -13.2. The first kappa shape index (κ1) is 113. The third kappa shape index (κ3) is 23.7. The van der Waals surface area contributed by atoms with Gasteiger partial charge in [-0.25, -0.2) is 23.8 Å².